The Labute approximate surface area is 333 Å². The van der Waals surface area contributed by atoms with Crippen LogP contribution in [0.3, 0.4) is 0 Å². The van der Waals surface area contributed by atoms with Crippen LogP contribution in [0, 0.1) is 23.7 Å². The fraction of sp³-hybridized carbons (Fsp3) is 0.333. The summed E-state index contributed by atoms with van der Waals surface area (Å²) in [4.78, 5) is 2.52. The number of ether oxygens (including phenoxy) is 1. The minimum absolute atomic E-state index is 0.0908. The van der Waals surface area contributed by atoms with E-state index >= 15 is 0 Å². The summed E-state index contributed by atoms with van der Waals surface area (Å²) < 4.78 is 7.46. The molecule has 4 bridgehead atoms. The molecule has 6 aromatic carbocycles. The van der Waals surface area contributed by atoms with E-state index in [1.54, 1.807) is 0 Å². The summed E-state index contributed by atoms with van der Waals surface area (Å²) in [5, 5.41) is 0. The number of hydrogen-bond donors (Lipinski definition) is 0. The van der Waals surface area contributed by atoms with E-state index < -0.39 is 0 Å². The molecule has 12 rings (SSSR count). The fourth-order valence-corrected chi connectivity index (χ4v) is 12.6. The Kier molecular flexibility index (Phi) is 7.61. The van der Waals surface area contributed by atoms with Gasteiger partial charge in [0.15, 0.2) is 5.75 Å². The standard InChI is InChI=1S/C54H53NO/c1-52(2)27-28-53(3,4)47-34-43(25-26-45(47)52)55(42-23-21-38(22-24-42)37-13-7-5-8-14-37)48-19-12-18-46-51(48)56-49-20-11-17-44(39-15-9-6-10-16-39)50(49)54(46)40-30-35-29-36(32-40)33-41(54)31-35/h5-26,34-36,40-41H,27-33H2,1-4H3. The van der Waals surface area contributed by atoms with E-state index in [0.717, 1.165) is 34.7 Å². The van der Waals surface area contributed by atoms with Crippen molar-refractivity contribution in [1.82, 2.24) is 0 Å². The van der Waals surface area contributed by atoms with Crippen LogP contribution < -0.4 is 9.64 Å². The topological polar surface area (TPSA) is 12.5 Å². The van der Waals surface area contributed by atoms with Crippen LogP contribution in [0.4, 0.5) is 17.1 Å². The number of benzene rings is 6. The molecule has 280 valence electrons. The van der Waals surface area contributed by atoms with E-state index in [0.29, 0.717) is 11.8 Å². The first-order valence-corrected chi connectivity index (χ1v) is 21.3. The van der Waals surface area contributed by atoms with Crippen LogP contribution in [0.2, 0.25) is 0 Å². The van der Waals surface area contributed by atoms with Crippen molar-refractivity contribution in [3.05, 3.63) is 162 Å². The van der Waals surface area contributed by atoms with Crippen molar-refractivity contribution >= 4 is 17.1 Å². The molecule has 56 heavy (non-hydrogen) atoms. The van der Waals surface area contributed by atoms with E-state index in [9.17, 15) is 0 Å². The number of anilines is 3. The van der Waals surface area contributed by atoms with Gasteiger partial charge in [0.2, 0.25) is 0 Å². The Hall–Kier alpha value is -5.08. The van der Waals surface area contributed by atoms with Gasteiger partial charge in [-0.3, -0.25) is 0 Å². The number of para-hydroxylation sites is 1. The molecule has 6 aliphatic rings. The molecule has 0 N–H and O–H groups in total. The molecular formula is C54H53NO. The van der Waals surface area contributed by atoms with Crippen molar-refractivity contribution in [2.75, 3.05) is 4.90 Å². The summed E-state index contributed by atoms with van der Waals surface area (Å²) in [7, 11) is 0. The molecule has 0 atom stereocenters. The lowest BCUT2D eigenvalue weighted by atomic mass is 9.41. The summed E-state index contributed by atoms with van der Waals surface area (Å²) in [6.07, 6.45) is 9.09. The molecule has 2 heteroatoms. The van der Waals surface area contributed by atoms with E-state index in [-0.39, 0.29) is 16.2 Å². The zero-order chi connectivity index (χ0) is 37.8. The maximum absolute atomic E-state index is 7.46. The molecule has 1 heterocycles. The van der Waals surface area contributed by atoms with Crippen LogP contribution in [0.25, 0.3) is 22.3 Å². The zero-order valence-corrected chi connectivity index (χ0v) is 33.4. The van der Waals surface area contributed by atoms with Gasteiger partial charge in [-0.05, 0) is 149 Å². The molecule has 5 aliphatic carbocycles. The number of fused-ring (bicyclic) bond motifs is 3. The Morgan fingerprint density at radius 1 is 0.500 bits per heavy atom. The van der Waals surface area contributed by atoms with E-state index in [1.165, 1.54) is 95.1 Å². The molecule has 6 aromatic rings. The largest absolute Gasteiger partial charge is 0.454 e. The maximum atomic E-state index is 7.46. The second-order valence-electron chi connectivity index (χ2n) is 19.2. The molecule has 0 saturated heterocycles. The average molecular weight is 732 g/mol. The molecule has 1 aliphatic heterocycles. The minimum Gasteiger partial charge on any atom is -0.454 e. The van der Waals surface area contributed by atoms with E-state index in [4.69, 9.17) is 4.74 Å². The molecule has 0 unspecified atom stereocenters. The van der Waals surface area contributed by atoms with Crippen LogP contribution in [-0.4, -0.2) is 0 Å². The van der Waals surface area contributed by atoms with Crippen LogP contribution in [0.15, 0.2) is 140 Å². The molecule has 1 spiro atoms. The molecule has 0 amide bonds. The summed E-state index contributed by atoms with van der Waals surface area (Å²) in [5.74, 6) is 5.00. The normalized spacial score (nSPS) is 25.9. The van der Waals surface area contributed by atoms with Gasteiger partial charge in [0.05, 0.1) is 5.69 Å². The second kappa shape index (κ2) is 12.5. The zero-order valence-electron chi connectivity index (χ0n) is 33.4. The van der Waals surface area contributed by atoms with Crippen LogP contribution in [0.5, 0.6) is 11.5 Å². The average Bonchev–Trinajstić information content (AvgIpc) is 3.22. The molecule has 2 nitrogen and oxygen atoms in total. The van der Waals surface area contributed by atoms with Gasteiger partial charge < -0.3 is 9.64 Å². The first-order chi connectivity index (χ1) is 27.2. The van der Waals surface area contributed by atoms with Crippen LogP contribution in [-0.2, 0) is 16.2 Å². The van der Waals surface area contributed by atoms with E-state index in [2.05, 4.69) is 172 Å². The lowest BCUT2D eigenvalue weighted by molar-refractivity contribution is -0.0449. The van der Waals surface area contributed by atoms with Gasteiger partial charge in [0.25, 0.3) is 0 Å². The van der Waals surface area contributed by atoms with Crippen molar-refractivity contribution in [1.29, 1.82) is 0 Å². The van der Waals surface area contributed by atoms with Crippen molar-refractivity contribution in [2.24, 2.45) is 23.7 Å². The van der Waals surface area contributed by atoms with Crippen molar-refractivity contribution in [2.45, 2.75) is 88.9 Å². The first kappa shape index (κ1) is 34.2. The molecule has 4 saturated carbocycles. The van der Waals surface area contributed by atoms with Gasteiger partial charge in [0, 0.05) is 27.9 Å². The third kappa shape index (κ3) is 5.07. The lowest BCUT2D eigenvalue weighted by Gasteiger charge is -2.63. The van der Waals surface area contributed by atoms with Gasteiger partial charge in [-0.1, -0.05) is 131 Å². The highest BCUT2D eigenvalue weighted by Gasteiger charge is 2.62. The van der Waals surface area contributed by atoms with Gasteiger partial charge in [-0.15, -0.1) is 0 Å². The van der Waals surface area contributed by atoms with Gasteiger partial charge >= 0.3 is 0 Å². The Morgan fingerprint density at radius 3 is 1.77 bits per heavy atom. The molecule has 0 aromatic heterocycles. The van der Waals surface area contributed by atoms with Crippen molar-refractivity contribution in [3.8, 4) is 33.8 Å². The number of hydrogen-bond acceptors (Lipinski definition) is 2. The van der Waals surface area contributed by atoms with Crippen molar-refractivity contribution in [3.63, 3.8) is 0 Å². The predicted octanol–water partition coefficient (Wildman–Crippen LogP) is 14.7. The smallest absolute Gasteiger partial charge is 0.155 e. The van der Waals surface area contributed by atoms with Gasteiger partial charge in [0.1, 0.15) is 5.75 Å². The predicted molar refractivity (Wildman–Crippen MR) is 232 cm³/mol. The molecule has 0 radical (unpaired) electrons. The highest BCUT2D eigenvalue weighted by Crippen LogP contribution is 2.71. The van der Waals surface area contributed by atoms with E-state index in [1.807, 2.05) is 0 Å². The Morgan fingerprint density at radius 2 is 1.09 bits per heavy atom. The summed E-state index contributed by atoms with van der Waals surface area (Å²) >= 11 is 0. The van der Waals surface area contributed by atoms with Gasteiger partial charge in [-0.25, -0.2) is 0 Å². The molecular weight excluding hydrogens is 679 g/mol. The number of nitrogens with zero attached hydrogens (tertiary/aromatic N) is 1. The minimum atomic E-state index is -0.0938. The highest BCUT2D eigenvalue weighted by atomic mass is 16.5. The monoisotopic (exact) mass is 731 g/mol. The SMILES string of the molecule is CC1(C)CCC(C)(C)c2cc(N(c3ccc(-c4ccccc4)cc3)c3cccc4c3Oc3cccc(-c5ccccc5)c3C43C4CC5CC(C4)CC3C5)ccc21. The Bertz CT molecular complexity index is 2430. The molecule has 4 fully saturated rings. The van der Waals surface area contributed by atoms with Crippen LogP contribution >= 0.6 is 0 Å². The maximum Gasteiger partial charge on any atom is 0.155 e. The summed E-state index contributed by atoms with van der Waals surface area (Å²) in [6, 6.07) is 52.4. The summed E-state index contributed by atoms with van der Waals surface area (Å²) in [6.45, 7) is 9.73. The van der Waals surface area contributed by atoms with Gasteiger partial charge in [-0.2, -0.15) is 0 Å². The lowest BCUT2D eigenvalue weighted by Crippen LogP contribution is -2.57. The summed E-state index contributed by atoms with van der Waals surface area (Å²) in [5.41, 5.74) is 14.5. The number of rotatable bonds is 5. The fourth-order valence-electron chi connectivity index (χ4n) is 12.6. The third-order valence-corrected chi connectivity index (χ3v) is 15.2. The highest BCUT2D eigenvalue weighted by molar-refractivity contribution is 5.86. The Balaban J connectivity index is 1.15. The quantitative estimate of drug-likeness (QED) is 0.175. The first-order valence-electron chi connectivity index (χ1n) is 21.3. The third-order valence-electron chi connectivity index (χ3n) is 15.2. The van der Waals surface area contributed by atoms with Crippen molar-refractivity contribution < 1.29 is 4.74 Å². The van der Waals surface area contributed by atoms with Crippen LogP contribution in [0.1, 0.15) is 94.9 Å². The second-order valence-corrected chi connectivity index (χ2v) is 19.2.